The lowest BCUT2D eigenvalue weighted by Gasteiger charge is -2.25. The fraction of sp³-hybridized carbons (Fsp3) is 0.167. The van der Waals surface area contributed by atoms with Crippen LogP contribution in [0.2, 0.25) is 5.02 Å². The van der Waals surface area contributed by atoms with Crippen LogP contribution < -0.4 is 5.32 Å². The Morgan fingerprint density at radius 1 is 1.18 bits per heavy atom. The average molecular weight is 316 g/mol. The average Bonchev–Trinajstić information content (AvgIpc) is 2.48. The first kappa shape index (κ1) is 16.3. The van der Waals surface area contributed by atoms with E-state index in [4.69, 9.17) is 11.6 Å². The van der Waals surface area contributed by atoms with E-state index in [0.717, 1.165) is 0 Å². The number of anilines is 1. The van der Waals surface area contributed by atoms with Crippen molar-refractivity contribution in [3.63, 3.8) is 0 Å². The Bertz CT molecular complexity index is 680. The fourth-order valence-corrected chi connectivity index (χ4v) is 2.57. The zero-order valence-corrected chi connectivity index (χ0v) is 13.1. The summed E-state index contributed by atoms with van der Waals surface area (Å²) in [6.07, 6.45) is 0.0927. The maximum atomic E-state index is 12.2. The van der Waals surface area contributed by atoms with Crippen molar-refractivity contribution in [2.75, 3.05) is 5.32 Å². The van der Waals surface area contributed by atoms with Crippen molar-refractivity contribution in [1.29, 1.82) is 0 Å². The lowest BCUT2D eigenvalue weighted by Crippen LogP contribution is -2.26. The van der Waals surface area contributed by atoms with Gasteiger partial charge in [0.05, 0.1) is 5.60 Å². The van der Waals surface area contributed by atoms with Gasteiger partial charge in [-0.15, -0.1) is 0 Å². The summed E-state index contributed by atoms with van der Waals surface area (Å²) in [6.45, 7) is 5.40. The second-order valence-electron chi connectivity index (χ2n) is 5.35. The van der Waals surface area contributed by atoms with Crippen LogP contribution in [-0.4, -0.2) is 11.0 Å². The van der Waals surface area contributed by atoms with E-state index in [-0.39, 0.29) is 17.9 Å². The van der Waals surface area contributed by atoms with Crippen LogP contribution in [0, 0.1) is 0 Å². The number of benzene rings is 2. The molecule has 1 atom stereocenters. The number of hydrogen-bond acceptors (Lipinski definition) is 2. The SMILES string of the molecule is C=C(C[C@](C)(O)c1ccccc1Cl)C(=O)Nc1ccccc1. The van der Waals surface area contributed by atoms with Crippen molar-refractivity contribution in [1.82, 2.24) is 0 Å². The van der Waals surface area contributed by atoms with Gasteiger partial charge in [-0.2, -0.15) is 0 Å². The number of carbonyl (C=O) groups excluding carboxylic acids is 1. The minimum Gasteiger partial charge on any atom is -0.385 e. The second kappa shape index (κ2) is 6.77. The van der Waals surface area contributed by atoms with Crippen molar-refractivity contribution in [3.05, 3.63) is 77.3 Å². The van der Waals surface area contributed by atoms with Crippen LogP contribution >= 0.6 is 11.6 Å². The van der Waals surface area contributed by atoms with E-state index in [0.29, 0.717) is 16.3 Å². The highest BCUT2D eigenvalue weighted by atomic mass is 35.5. The normalized spacial score (nSPS) is 13.2. The highest BCUT2D eigenvalue weighted by molar-refractivity contribution is 6.31. The van der Waals surface area contributed by atoms with Crippen LogP contribution in [0.5, 0.6) is 0 Å². The molecule has 2 aromatic rings. The molecule has 0 aliphatic rings. The van der Waals surface area contributed by atoms with E-state index in [1.165, 1.54) is 0 Å². The number of amides is 1. The van der Waals surface area contributed by atoms with Crippen molar-refractivity contribution < 1.29 is 9.90 Å². The predicted octanol–water partition coefficient (Wildman–Crippen LogP) is 4.13. The summed E-state index contributed by atoms with van der Waals surface area (Å²) in [5.41, 5.74) is 0.286. The lowest BCUT2D eigenvalue weighted by molar-refractivity contribution is -0.113. The molecular formula is C18H18ClNO2. The molecule has 0 aliphatic carbocycles. The molecule has 0 spiro atoms. The number of aliphatic hydroxyl groups is 1. The van der Waals surface area contributed by atoms with Gasteiger partial charge in [0.2, 0.25) is 0 Å². The summed E-state index contributed by atoms with van der Waals surface area (Å²) in [5.74, 6) is -0.321. The van der Waals surface area contributed by atoms with Crippen LogP contribution in [0.25, 0.3) is 0 Å². The molecule has 3 nitrogen and oxygen atoms in total. The van der Waals surface area contributed by atoms with Gasteiger partial charge in [-0.25, -0.2) is 0 Å². The molecule has 2 N–H and O–H groups in total. The Balaban J connectivity index is 2.07. The van der Waals surface area contributed by atoms with Gasteiger partial charge in [0.1, 0.15) is 0 Å². The quantitative estimate of drug-likeness (QED) is 0.815. The summed E-state index contributed by atoms with van der Waals surface area (Å²) >= 11 is 6.11. The second-order valence-corrected chi connectivity index (χ2v) is 5.76. The highest BCUT2D eigenvalue weighted by Gasteiger charge is 2.28. The third-order valence-corrected chi connectivity index (χ3v) is 3.69. The van der Waals surface area contributed by atoms with Gasteiger partial charge in [0, 0.05) is 28.3 Å². The van der Waals surface area contributed by atoms with Gasteiger partial charge >= 0.3 is 0 Å². The monoisotopic (exact) mass is 315 g/mol. The Hall–Kier alpha value is -2.10. The Kier molecular flexibility index (Phi) is 5.01. The van der Waals surface area contributed by atoms with Gasteiger partial charge in [-0.3, -0.25) is 4.79 Å². The maximum absolute atomic E-state index is 12.2. The van der Waals surface area contributed by atoms with Crippen molar-refractivity contribution in [3.8, 4) is 0 Å². The third-order valence-electron chi connectivity index (χ3n) is 3.36. The zero-order chi connectivity index (χ0) is 16.2. The molecule has 0 bridgehead atoms. The smallest absolute Gasteiger partial charge is 0.251 e. The molecule has 0 aromatic heterocycles. The minimum absolute atomic E-state index is 0.0927. The largest absolute Gasteiger partial charge is 0.385 e. The summed E-state index contributed by atoms with van der Waals surface area (Å²) in [4.78, 5) is 12.2. The Labute approximate surface area is 135 Å². The van der Waals surface area contributed by atoms with E-state index in [9.17, 15) is 9.90 Å². The molecule has 2 rings (SSSR count). The first-order valence-electron chi connectivity index (χ1n) is 6.92. The number of rotatable bonds is 5. The Morgan fingerprint density at radius 2 is 1.77 bits per heavy atom. The lowest BCUT2D eigenvalue weighted by atomic mass is 9.89. The van der Waals surface area contributed by atoms with Crippen molar-refractivity contribution >= 4 is 23.2 Å². The molecule has 4 heteroatoms. The summed E-state index contributed by atoms with van der Waals surface area (Å²) in [7, 11) is 0. The molecule has 22 heavy (non-hydrogen) atoms. The summed E-state index contributed by atoms with van der Waals surface area (Å²) in [5, 5.41) is 13.8. The molecule has 0 saturated heterocycles. The number of hydrogen-bond donors (Lipinski definition) is 2. The van der Waals surface area contributed by atoms with Crippen LogP contribution in [0.15, 0.2) is 66.7 Å². The van der Waals surface area contributed by atoms with Crippen LogP contribution in [-0.2, 0) is 10.4 Å². The summed E-state index contributed by atoms with van der Waals surface area (Å²) < 4.78 is 0. The minimum atomic E-state index is -1.26. The molecule has 0 fully saturated rings. The first-order chi connectivity index (χ1) is 10.4. The van der Waals surface area contributed by atoms with Crippen molar-refractivity contribution in [2.45, 2.75) is 18.9 Å². The van der Waals surface area contributed by atoms with Crippen molar-refractivity contribution in [2.24, 2.45) is 0 Å². The van der Waals surface area contributed by atoms with Gasteiger partial charge in [-0.05, 0) is 25.1 Å². The summed E-state index contributed by atoms with van der Waals surface area (Å²) in [6, 6.07) is 16.1. The van der Waals surface area contributed by atoms with E-state index >= 15 is 0 Å². The molecule has 0 aliphatic heterocycles. The van der Waals surface area contributed by atoms with Crippen LogP contribution in [0.4, 0.5) is 5.69 Å². The van der Waals surface area contributed by atoms with E-state index in [1.54, 1.807) is 43.3 Å². The number of para-hydroxylation sites is 1. The van der Waals surface area contributed by atoms with E-state index in [2.05, 4.69) is 11.9 Å². The third kappa shape index (κ3) is 3.97. The van der Waals surface area contributed by atoms with Crippen LogP contribution in [0.3, 0.4) is 0 Å². The number of carbonyl (C=O) groups is 1. The number of halogens is 1. The van der Waals surface area contributed by atoms with Crippen LogP contribution in [0.1, 0.15) is 18.9 Å². The topological polar surface area (TPSA) is 49.3 Å². The molecule has 0 saturated carbocycles. The van der Waals surface area contributed by atoms with Gasteiger partial charge < -0.3 is 10.4 Å². The molecular weight excluding hydrogens is 298 g/mol. The molecule has 0 heterocycles. The predicted molar refractivity (Wildman–Crippen MR) is 89.9 cm³/mol. The maximum Gasteiger partial charge on any atom is 0.251 e. The molecule has 2 aromatic carbocycles. The zero-order valence-electron chi connectivity index (χ0n) is 12.3. The molecule has 0 unspecified atom stereocenters. The standard InChI is InChI=1S/C18H18ClNO2/c1-13(17(21)20-14-8-4-3-5-9-14)12-18(2,22)15-10-6-7-11-16(15)19/h3-11,22H,1,12H2,2H3,(H,20,21)/t18-/m0/s1. The Morgan fingerprint density at radius 3 is 2.41 bits per heavy atom. The van der Waals surface area contributed by atoms with Gasteiger partial charge in [0.25, 0.3) is 5.91 Å². The van der Waals surface area contributed by atoms with Gasteiger partial charge in [-0.1, -0.05) is 54.6 Å². The number of nitrogens with one attached hydrogen (secondary N) is 1. The van der Waals surface area contributed by atoms with E-state index in [1.807, 2.05) is 18.2 Å². The van der Waals surface area contributed by atoms with Gasteiger partial charge in [0.15, 0.2) is 0 Å². The molecule has 0 radical (unpaired) electrons. The van der Waals surface area contributed by atoms with E-state index < -0.39 is 5.60 Å². The fourth-order valence-electron chi connectivity index (χ4n) is 2.23. The molecule has 1 amide bonds. The first-order valence-corrected chi connectivity index (χ1v) is 7.29. The molecule has 114 valence electrons. The highest BCUT2D eigenvalue weighted by Crippen LogP contribution is 2.32.